The first-order chi connectivity index (χ1) is 12.8. The SMILES string of the molecule is CNc1ccc(Oc2ccnc(N)c2C(N)=NC(C)(C)COSO)c(F)c1. The van der Waals surface area contributed by atoms with Crippen LogP contribution in [0.15, 0.2) is 35.5 Å². The highest BCUT2D eigenvalue weighted by Gasteiger charge is 2.22. The zero-order valence-electron chi connectivity index (χ0n) is 15.2. The highest BCUT2D eigenvalue weighted by molar-refractivity contribution is 7.88. The molecule has 0 aliphatic carbocycles. The van der Waals surface area contributed by atoms with Gasteiger partial charge in [0.25, 0.3) is 0 Å². The van der Waals surface area contributed by atoms with Gasteiger partial charge in [0.05, 0.1) is 12.1 Å². The lowest BCUT2D eigenvalue weighted by Gasteiger charge is -2.20. The fourth-order valence-electron chi connectivity index (χ4n) is 2.24. The van der Waals surface area contributed by atoms with Crippen molar-refractivity contribution in [2.45, 2.75) is 19.4 Å². The Morgan fingerprint density at radius 1 is 1.37 bits per heavy atom. The predicted octanol–water partition coefficient (Wildman–Crippen LogP) is 3.26. The molecule has 6 N–H and O–H groups in total. The van der Waals surface area contributed by atoms with Gasteiger partial charge < -0.3 is 26.1 Å². The maximum Gasteiger partial charge on any atom is 0.167 e. The first-order valence-electron chi connectivity index (χ1n) is 7.96. The molecule has 1 aromatic heterocycles. The zero-order valence-corrected chi connectivity index (χ0v) is 16.0. The molecule has 0 saturated heterocycles. The Morgan fingerprint density at radius 2 is 2.11 bits per heavy atom. The van der Waals surface area contributed by atoms with Gasteiger partial charge in [-0.2, -0.15) is 0 Å². The molecule has 0 aliphatic heterocycles. The number of amidine groups is 1. The van der Waals surface area contributed by atoms with Gasteiger partial charge in [0.1, 0.15) is 23.0 Å². The van der Waals surface area contributed by atoms with Crippen LogP contribution in [0.5, 0.6) is 11.5 Å². The van der Waals surface area contributed by atoms with Crippen LogP contribution in [0.2, 0.25) is 0 Å². The summed E-state index contributed by atoms with van der Waals surface area (Å²) in [4.78, 5) is 8.37. The Labute approximate surface area is 161 Å². The van der Waals surface area contributed by atoms with Crippen LogP contribution in [0.25, 0.3) is 0 Å². The second kappa shape index (κ2) is 8.89. The third-order valence-electron chi connectivity index (χ3n) is 3.53. The van der Waals surface area contributed by atoms with E-state index in [4.69, 9.17) is 24.9 Å². The smallest absolute Gasteiger partial charge is 0.167 e. The second-order valence-corrected chi connectivity index (χ2v) is 6.60. The maximum absolute atomic E-state index is 14.3. The minimum atomic E-state index is -0.751. The van der Waals surface area contributed by atoms with E-state index in [9.17, 15) is 4.39 Å². The third kappa shape index (κ3) is 5.46. The Bertz CT molecular complexity index is 832. The van der Waals surface area contributed by atoms with E-state index < -0.39 is 11.4 Å². The fourth-order valence-corrected chi connectivity index (χ4v) is 2.59. The van der Waals surface area contributed by atoms with E-state index in [0.29, 0.717) is 5.69 Å². The molecule has 0 spiro atoms. The Balaban J connectivity index is 2.39. The van der Waals surface area contributed by atoms with Crippen LogP contribution in [-0.2, 0) is 4.18 Å². The summed E-state index contributed by atoms with van der Waals surface area (Å²) in [6.45, 7) is 3.63. The van der Waals surface area contributed by atoms with E-state index in [1.807, 2.05) is 0 Å². The van der Waals surface area contributed by atoms with Gasteiger partial charge in [-0.15, -0.1) is 0 Å². The van der Waals surface area contributed by atoms with Gasteiger partial charge in [0.15, 0.2) is 23.9 Å². The van der Waals surface area contributed by atoms with Crippen LogP contribution >= 0.6 is 12.3 Å². The number of rotatable bonds is 8. The highest BCUT2D eigenvalue weighted by Crippen LogP contribution is 2.31. The minimum Gasteiger partial charge on any atom is -0.453 e. The fraction of sp³-hybridized carbons (Fsp3) is 0.294. The first kappa shape index (κ1) is 20.7. The summed E-state index contributed by atoms with van der Waals surface area (Å²) in [7, 11) is 1.69. The van der Waals surface area contributed by atoms with Gasteiger partial charge in [-0.1, -0.05) is 0 Å². The van der Waals surface area contributed by atoms with Gasteiger partial charge >= 0.3 is 0 Å². The summed E-state index contributed by atoms with van der Waals surface area (Å²) in [5.74, 6) is -0.179. The van der Waals surface area contributed by atoms with Crippen molar-refractivity contribution in [3.63, 3.8) is 0 Å². The molecule has 10 heteroatoms. The van der Waals surface area contributed by atoms with Crippen LogP contribution in [0.3, 0.4) is 0 Å². The standard InChI is InChI=1S/C17H22FN5O3S/c1-17(2,9-25-27-24)23-16(20)14-13(6-7-22-15(14)19)26-12-5-4-10(21-3)8-11(12)18/h4-8,21,24H,9H2,1-3H3,(H2,19,22)(H2,20,23). The molecule has 27 heavy (non-hydrogen) atoms. The molecule has 0 aliphatic rings. The number of aromatic nitrogens is 1. The lowest BCUT2D eigenvalue weighted by atomic mass is 10.1. The molecular weight excluding hydrogens is 373 g/mol. The maximum atomic E-state index is 14.3. The summed E-state index contributed by atoms with van der Waals surface area (Å²) in [5, 5.41) is 2.84. The Morgan fingerprint density at radius 3 is 2.74 bits per heavy atom. The molecule has 146 valence electrons. The quantitative estimate of drug-likeness (QED) is 0.305. The molecule has 0 unspecified atom stereocenters. The zero-order chi connectivity index (χ0) is 20.0. The number of nitrogen functional groups attached to an aromatic ring is 1. The van der Waals surface area contributed by atoms with E-state index in [1.165, 1.54) is 24.4 Å². The number of aliphatic imine (C=N–C) groups is 1. The predicted molar refractivity (Wildman–Crippen MR) is 106 cm³/mol. The van der Waals surface area contributed by atoms with E-state index >= 15 is 0 Å². The molecule has 0 saturated carbocycles. The van der Waals surface area contributed by atoms with E-state index in [-0.39, 0.29) is 47.6 Å². The van der Waals surface area contributed by atoms with Crippen LogP contribution in [0.1, 0.15) is 19.4 Å². The molecule has 0 radical (unpaired) electrons. The van der Waals surface area contributed by atoms with Gasteiger partial charge in [-0.25, -0.2) is 9.37 Å². The molecule has 1 aromatic carbocycles. The Hall–Kier alpha value is -2.56. The summed E-state index contributed by atoms with van der Waals surface area (Å²) >= 11 is 0.245. The summed E-state index contributed by atoms with van der Waals surface area (Å²) in [6, 6.07) is 5.99. The summed E-state index contributed by atoms with van der Waals surface area (Å²) in [5.41, 5.74) is 12.2. The van der Waals surface area contributed by atoms with Crippen molar-refractivity contribution in [2.75, 3.05) is 24.7 Å². The minimum absolute atomic E-state index is 0.00734. The number of hydrogen-bond donors (Lipinski definition) is 4. The van der Waals surface area contributed by atoms with Crippen molar-refractivity contribution in [3.05, 3.63) is 41.8 Å². The molecule has 0 bridgehead atoms. The molecule has 2 aromatic rings. The average Bonchev–Trinajstić information content (AvgIpc) is 2.61. The van der Waals surface area contributed by atoms with Crippen molar-refractivity contribution < 1.29 is 17.9 Å². The van der Waals surface area contributed by atoms with Gasteiger partial charge in [-0.3, -0.25) is 9.18 Å². The van der Waals surface area contributed by atoms with E-state index in [0.717, 1.165) is 0 Å². The van der Waals surface area contributed by atoms with Crippen LogP contribution in [0, 0.1) is 5.82 Å². The van der Waals surface area contributed by atoms with Crippen molar-refractivity contribution in [1.29, 1.82) is 0 Å². The van der Waals surface area contributed by atoms with Crippen LogP contribution in [0.4, 0.5) is 15.9 Å². The molecule has 1 heterocycles. The lowest BCUT2D eigenvalue weighted by molar-refractivity contribution is 0.265. The molecule has 2 rings (SSSR count). The first-order valence-corrected chi connectivity index (χ1v) is 8.65. The molecule has 0 amide bonds. The second-order valence-electron chi connectivity index (χ2n) is 6.21. The monoisotopic (exact) mass is 395 g/mol. The normalized spacial score (nSPS) is 12.1. The third-order valence-corrected chi connectivity index (χ3v) is 3.75. The molecular formula is C17H22FN5O3S. The molecule has 8 nitrogen and oxygen atoms in total. The number of halogens is 1. The van der Waals surface area contributed by atoms with Crippen molar-refractivity contribution >= 4 is 29.7 Å². The number of ether oxygens (including phenoxy) is 1. The van der Waals surface area contributed by atoms with Crippen molar-refractivity contribution in [3.8, 4) is 11.5 Å². The topological polar surface area (TPSA) is 128 Å². The highest BCUT2D eigenvalue weighted by atomic mass is 32.2. The van der Waals surface area contributed by atoms with E-state index in [2.05, 4.69) is 15.3 Å². The number of anilines is 2. The average molecular weight is 395 g/mol. The van der Waals surface area contributed by atoms with Crippen LogP contribution in [-0.4, -0.2) is 34.6 Å². The number of hydrogen-bond acceptors (Lipinski definition) is 8. The number of nitrogens with one attached hydrogen (secondary N) is 1. The number of pyridine rings is 1. The van der Waals surface area contributed by atoms with Crippen molar-refractivity contribution in [1.82, 2.24) is 4.98 Å². The van der Waals surface area contributed by atoms with E-state index in [1.54, 1.807) is 27.0 Å². The van der Waals surface area contributed by atoms with Crippen molar-refractivity contribution in [2.24, 2.45) is 10.7 Å². The summed E-state index contributed by atoms with van der Waals surface area (Å²) in [6.07, 6.45) is 1.43. The number of nitrogens with two attached hydrogens (primary N) is 2. The lowest BCUT2D eigenvalue weighted by Crippen LogP contribution is -2.29. The van der Waals surface area contributed by atoms with Gasteiger partial charge in [0, 0.05) is 31.1 Å². The Kier molecular flexibility index (Phi) is 6.83. The molecule has 0 atom stereocenters. The van der Waals surface area contributed by atoms with Gasteiger partial charge in [0.2, 0.25) is 0 Å². The molecule has 0 fully saturated rings. The number of benzene rings is 1. The van der Waals surface area contributed by atoms with Gasteiger partial charge in [-0.05, 0) is 26.0 Å². The largest absolute Gasteiger partial charge is 0.453 e. The number of nitrogens with zero attached hydrogens (tertiary/aromatic N) is 2. The summed E-state index contributed by atoms with van der Waals surface area (Å²) < 4.78 is 33.6. The van der Waals surface area contributed by atoms with Crippen LogP contribution < -0.4 is 21.5 Å².